The van der Waals surface area contributed by atoms with Crippen molar-refractivity contribution in [2.24, 2.45) is 0 Å². The highest BCUT2D eigenvalue weighted by Crippen LogP contribution is 2.45. The Morgan fingerprint density at radius 3 is 1.73 bits per heavy atom. The van der Waals surface area contributed by atoms with E-state index in [1.807, 2.05) is 91.0 Å². The molecule has 4 aromatic rings. The molecule has 0 saturated heterocycles. The number of para-hydroxylation sites is 1. The van der Waals surface area contributed by atoms with Crippen LogP contribution in [0.1, 0.15) is 23.7 Å². The van der Waals surface area contributed by atoms with E-state index in [2.05, 4.69) is 4.98 Å². The van der Waals surface area contributed by atoms with E-state index in [4.69, 9.17) is 0 Å². The number of hydrogen-bond donors (Lipinski definition) is 3. The molecule has 0 aliphatic heterocycles. The Kier molecular flexibility index (Phi) is 3.91. The number of H-pyrrole nitrogens is 1. The van der Waals surface area contributed by atoms with Gasteiger partial charge in [0.1, 0.15) is 11.2 Å². The summed E-state index contributed by atoms with van der Waals surface area (Å²) in [5, 5.41) is 24.5. The maximum Gasteiger partial charge on any atom is 0.148 e. The second-order valence-corrected chi connectivity index (χ2v) is 6.78. The summed E-state index contributed by atoms with van der Waals surface area (Å²) in [6.45, 7) is 1.65. The molecule has 0 aliphatic carbocycles. The van der Waals surface area contributed by atoms with Crippen LogP contribution in [0.5, 0.6) is 0 Å². The molecule has 26 heavy (non-hydrogen) atoms. The summed E-state index contributed by atoms with van der Waals surface area (Å²) in [6, 6.07) is 28.3. The van der Waals surface area contributed by atoms with Gasteiger partial charge in [-0.25, -0.2) is 0 Å². The smallest absolute Gasteiger partial charge is 0.148 e. The summed E-state index contributed by atoms with van der Waals surface area (Å²) in [4.78, 5) is 3.27. The highest BCUT2D eigenvalue weighted by Gasteiger charge is 2.50. The van der Waals surface area contributed by atoms with Gasteiger partial charge in [0.05, 0.1) is 5.69 Å². The molecule has 0 fully saturated rings. The largest absolute Gasteiger partial charge is 0.380 e. The van der Waals surface area contributed by atoms with Crippen molar-refractivity contribution in [1.82, 2.24) is 4.98 Å². The van der Waals surface area contributed by atoms with Crippen molar-refractivity contribution in [3.05, 3.63) is 108 Å². The average molecular weight is 343 g/mol. The molecular formula is C23H21NO2. The molecule has 130 valence electrons. The zero-order chi connectivity index (χ0) is 18.2. The van der Waals surface area contributed by atoms with Crippen LogP contribution in [-0.4, -0.2) is 15.2 Å². The molecule has 0 bridgehead atoms. The first kappa shape index (κ1) is 16.6. The van der Waals surface area contributed by atoms with Crippen molar-refractivity contribution in [1.29, 1.82) is 0 Å². The Morgan fingerprint density at radius 1 is 0.692 bits per heavy atom. The van der Waals surface area contributed by atoms with Gasteiger partial charge < -0.3 is 15.2 Å². The Balaban J connectivity index is 1.96. The molecule has 0 spiro atoms. The first-order chi connectivity index (χ1) is 12.5. The zero-order valence-electron chi connectivity index (χ0n) is 14.6. The molecule has 3 nitrogen and oxygen atoms in total. The maximum atomic E-state index is 11.9. The van der Waals surface area contributed by atoms with Gasteiger partial charge in [-0.2, -0.15) is 0 Å². The number of aliphatic hydroxyl groups is 2. The fraction of sp³-hybridized carbons (Fsp3) is 0.130. The summed E-state index contributed by atoms with van der Waals surface area (Å²) in [7, 11) is 0. The third-order valence-corrected chi connectivity index (χ3v) is 5.14. The number of rotatable bonds is 4. The second-order valence-electron chi connectivity index (χ2n) is 6.78. The summed E-state index contributed by atoms with van der Waals surface area (Å²) in [6.07, 6.45) is 0. The fourth-order valence-electron chi connectivity index (χ4n) is 3.62. The Hall–Kier alpha value is -2.88. The lowest BCUT2D eigenvalue weighted by molar-refractivity contribution is -0.130. The van der Waals surface area contributed by atoms with Gasteiger partial charge >= 0.3 is 0 Å². The molecule has 4 rings (SSSR count). The molecule has 0 amide bonds. The minimum absolute atomic E-state index is 0.564. The number of nitrogens with one attached hydrogen (secondary N) is 1. The minimum Gasteiger partial charge on any atom is -0.380 e. The third kappa shape index (κ3) is 2.45. The van der Waals surface area contributed by atoms with Gasteiger partial charge in [-0.3, -0.25) is 0 Å². The molecular weight excluding hydrogens is 322 g/mol. The van der Waals surface area contributed by atoms with E-state index in [0.717, 1.165) is 10.9 Å². The van der Waals surface area contributed by atoms with Crippen LogP contribution in [0.25, 0.3) is 10.9 Å². The highest BCUT2D eigenvalue weighted by molar-refractivity contribution is 5.80. The van der Waals surface area contributed by atoms with Crippen molar-refractivity contribution in [2.45, 2.75) is 18.1 Å². The minimum atomic E-state index is -1.61. The average Bonchev–Trinajstić information content (AvgIpc) is 3.14. The lowest BCUT2D eigenvalue weighted by Gasteiger charge is -2.41. The van der Waals surface area contributed by atoms with Crippen LogP contribution in [0.2, 0.25) is 0 Å². The molecule has 1 heterocycles. The molecule has 3 N–H and O–H groups in total. The Morgan fingerprint density at radius 2 is 1.19 bits per heavy atom. The van der Waals surface area contributed by atoms with Gasteiger partial charge in [0.25, 0.3) is 0 Å². The third-order valence-electron chi connectivity index (χ3n) is 5.14. The van der Waals surface area contributed by atoms with E-state index < -0.39 is 11.2 Å². The van der Waals surface area contributed by atoms with Gasteiger partial charge in [-0.15, -0.1) is 0 Å². The Bertz CT molecular complexity index is 947. The summed E-state index contributed by atoms with van der Waals surface area (Å²) in [5.41, 5.74) is -0.435. The van der Waals surface area contributed by atoms with E-state index in [0.29, 0.717) is 16.8 Å². The standard InChI is InChI=1S/C23H21NO2/c1-22(25,21-16-17-10-8-9-15-20(17)24-21)23(26,18-11-4-2-5-12-18)19-13-6-3-7-14-19/h2-16,24-26H,1H3. The monoisotopic (exact) mass is 343 g/mol. The van der Waals surface area contributed by atoms with Crippen LogP contribution in [0.3, 0.4) is 0 Å². The van der Waals surface area contributed by atoms with Gasteiger partial charge in [-0.05, 0) is 35.6 Å². The molecule has 1 aromatic heterocycles. The fourth-order valence-corrected chi connectivity index (χ4v) is 3.62. The van der Waals surface area contributed by atoms with Gasteiger partial charge in [0.2, 0.25) is 0 Å². The van der Waals surface area contributed by atoms with Crippen molar-refractivity contribution < 1.29 is 10.2 Å². The van der Waals surface area contributed by atoms with Crippen LogP contribution < -0.4 is 0 Å². The SMILES string of the molecule is CC(O)(c1cc2ccccc2[nH]1)C(O)(c1ccccc1)c1ccccc1. The van der Waals surface area contributed by atoms with E-state index >= 15 is 0 Å². The normalized spacial score (nSPS) is 14.3. The number of aromatic nitrogens is 1. The number of benzene rings is 3. The second kappa shape index (κ2) is 6.13. The van der Waals surface area contributed by atoms with Crippen LogP contribution >= 0.6 is 0 Å². The van der Waals surface area contributed by atoms with E-state index in [1.54, 1.807) is 6.92 Å². The van der Waals surface area contributed by atoms with Crippen molar-refractivity contribution in [2.75, 3.05) is 0 Å². The lowest BCUT2D eigenvalue weighted by Crippen LogP contribution is -2.48. The van der Waals surface area contributed by atoms with E-state index in [1.165, 1.54) is 0 Å². The van der Waals surface area contributed by atoms with Gasteiger partial charge in [0.15, 0.2) is 0 Å². The first-order valence-electron chi connectivity index (χ1n) is 8.67. The summed E-state index contributed by atoms with van der Waals surface area (Å²) >= 11 is 0. The van der Waals surface area contributed by atoms with Crippen LogP contribution in [-0.2, 0) is 11.2 Å². The quantitative estimate of drug-likeness (QED) is 0.517. The molecule has 0 saturated carbocycles. The number of aromatic amines is 1. The molecule has 3 aromatic carbocycles. The Labute approximate surface area is 152 Å². The van der Waals surface area contributed by atoms with E-state index in [-0.39, 0.29) is 0 Å². The predicted molar refractivity (Wildman–Crippen MR) is 104 cm³/mol. The predicted octanol–water partition coefficient (Wildman–Crippen LogP) is 4.31. The van der Waals surface area contributed by atoms with Crippen LogP contribution in [0, 0.1) is 0 Å². The van der Waals surface area contributed by atoms with Crippen LogP contribution in [0.4, 0.5) is 0 Å². The number of fused-ring (bicyclic) bond motifs is 1. The van der Waals surface area contributed by atoms with Gasteiger partial charge in [0, 0.05) is 5.52 Å². The molecule has 0 radical (unpaired) electrons. The topological polar surface area (TPSA) is 56.2 Å². The molecule has 1 unspecified atom stereocenters. The van der Waals surface area contributed by atoms with Crippen molar-refractivity contribution in [3.63, 3.8) is 0 Å². The molecule has 3 heteroatoms. The first-order valence-corrected chi connectivity index (χ1v) is 8.67. The molecule has 1 atom stereocenters. The summed E-state index contributed by atoms with van der Waals surface area (Å²) < 4.78 is 0. The highest BCUT2D eigenvalue weighted by atomic mass is 16.4. The van der Waals surface area contributed by atoms with Crippen molar-refractivity contribution >= 4 is 10.9 Å². The zero-order valence-corrected chi connectivity index (χ0v) is 14.6. The number of hydrogen-bond acceptors (Lipinski definition) is 2. The summed E-state index contributed by atoms with van der Waals surface area (Å²) in [5.74, 6) is 0. The van der Waals surface area contributed by atoms with E-state index in [9.17, 15) is 10.2 Å². The van der Waals surface area contributed by atoms with Gasteiger partial charge in [-0.1, -0.05) is 78.9 Å². The maximum absolute atomic E-state index is 11.9. The lowest BCUT2D eigenvalue weighted by atomic mass is 9.72. The molecule has 0 aliphatic rings. The van der Waals surface area contributed by atoms with Crippen LogP contribution in [0.15, 0.2) is 91.0 Å². The van der Waals surface area contributed by atoms with Crippen molar-refractivity contribution in [3.8, 4) is 0 Å².